The van der Waals surface area contributed by atoms with Crippen molar-refractivity contribution in [1.29, 1.82) is 0 Å². The molecule has 1 aromatic carbocycles. The number of nitrogens with zero attached hydrogens (tertiary/aromatic N) is 5. The number of thioether (sulfide) groups is 1. The molecule has 4 rings (SSSR count). The fourth-order valence-corrected chi connectivity index (χ4v) is 4.01. The summed E-state index contributed by atoms with van der Waals surface area (Å²) >= 11 is 7.63. The molecule has 1 aliphatic heterocycles. The number of aromatic nitrogens is 5. The highest BCUT2D eigenvalue weighted by Crippen LogP contribution is 2.35. The zero-order valence-corrected chi connectivity index (χ0v) is 15.4. The monoisotopic (exact) mass is 375 g/mol. The van der Waals surface area contributed by atoms with Crippen LogP contribution in [0.1, 0.15) is 43.2 Å². The van der Waals surface area contributed by atoms with E-state index in [4.69, 9.17) is 16.0 Å². The molecular formula is C17H18ClN5OS. The molecule has 0 N–H and O–H groups in total. The van der Waals surface area contributed by atoms with Crippen LogP contribution in [0.3, 0.4) is 0 Å². The highest BCUT2D eigenvalue weighted by atomic mass is 35.5. The van der Waals surface area contributed by atoms with Gasteiger partial charge < -0.3 is 8.98 Å². The van der Waals surface area contributed by atoms with Crippen LogP contribution in [0.4, 0.5) is 0 Å². The Balaban J connectivity index is 1.52. The first-order chi connectivity index (χ1) is 12.2. The van der Waals surface area contributed by atoms with Gasteiger partial charge >= 0.3 is 0 Å². The second kappa shape index (κ2) is 7.17. The van der Waals surface area contributed by atoms with Crippen molar-refractivity contribution in [2.75, 3.05) is 0 Å². The van der Waals surface area contributed by atoms with E-state index in [0.29, 0.717) is 16.8 Å². The largest absolute Gasteiger partial charge is 0.419 e. The predicted molar refractivity (Wildman–Crippen MR) is 96.6 cm³/mol. The van der Waals surface area contributed by atoms with Gasteiger partial charge in [-0.2, -0.15) is 0 Å². The number of fused-ring (bicyclic) bond motifs is 1. The van der Waals surface area contributed by atoms with Crippen LogP contribution in [0.5, 0.6) is 0 Å². The van der Waals surface area contributed by atoms with Crippen molar-refractivity contribution in [2.24, 2.45) is 0 Å². The lowest BCUT2D eigenvalue weighted by Crippen LogP contribution is -2.03. The maximum absolute atomic E-state index is 6.03. The van der Waals surface area contributed by atoms with Gasteiger partial charge in [0.2, 0.25) is 11.8 Å². The van der Waals surface area contributed by atoms with Crippen LogP contribution >= 0.6 is 23.4 Å². The second-order valence-corrected chi connectivity index (χ2v) is 7.82. The van der Waals surface area contributed by atoms with E-state index in [-0.39, 0.29) is 5.25 Å². The Morgan fingerprint density at radius 2 is 2.08 bits per heavy atom. The number of hydrogen-bond donors (Lipinski definition) is 0. The zero-order valence-electron chi connectivity index (χ0n) is 13.9. The molecule has 0 spiro atoms. The van der Waals surface area contributed by atoms with Crippen molar-refractivity contribution < 1.29 is 4.42 Å². The molecule has 3 aromatic rings. The van der Waals surface area contributed by atoms with Crippen molar-refractivity contribution in [2.45, 2.75) is 49.6 Å². The molecular weight excluding hydrogens is 358 g/mol. The zero-order chi connectivity index (χ0) is 17.2. The summed E-state index contributed by atoms with van der Waals surface area (Å²) in [7, 11) is 0. The molecule has 6 nitrogen and oxygen atoms in total. The summed E-state index contributed by atoms with van der Waals surface area (Å²) in [6, 6.07) is 7.40. The van der Waals surface area contributed by atoms with Gasteiger partial charge in [0, 0.05) is 23.6 Å². The van der Waals surface area contributed by atoms with Gasteiger partial charge in [-0.1, -0.05) is 35.9 Å². The predicted octanol–water partition coefficient (Wildman–Crippen LogP) is 4.56. The number of benzene rings is 1. The molecule has 3 heterocycles. The fourth-order valence-electron chi connectivity index (χ4n) is 2.89. The van der Waals surface area contributed by atoms with Crippen LogP contribution < -0.4 is 0 Å². The van der Waals surface area contributed by atoms with E-state index in [1.807, 2.05) is 31.2 Å². The Hall–Kier alpha value is -1.86. The van der Waals surface area contributed by atoms with Gasteiger partial charge in [0.25, 0.3) is 0 Å². The third-order valence-electron chi connectivity index (χ3n) is 4.22. The molecule has 0 radical (unpaired) electrons. The van der Waals surface area contributed by atoms with E-state index in [0.717, 1.165) is 29.5 Å². The lowest BCUT2D eigenvalue weighted by molar-refractivity contribution is 0.508. The van der Waals surface area contributed by atoms with Crippen LogP contribution in [0.2, 0.25) is 5.02 Å². The number of aryl methyl sites for hydroxylation is 1. The molecule has 0 fully saturated rings. The minimum atomic E-state index is -0.00279. The molecule has 1 unspecified atom stereocenters. The summed E-state index contributed by atoms with van der Waals surface area (Å²) in [5.74, 6) is 2.13. The maximum Gasteiger partial charge on any atom is 0.247 e. The molecule has 0 saturated carbocycles. The van der Waals surface area contributed by atoms with Gasteiger partial charge in [-0.3, -0.25) is 0 Å². The maximum atomic E-state index is 6.03. The molecule has 8 heteroatoms. The summed E-state index contributed by atoms with van der Waals surface area (Å²) in [6.07, 6.45) is 4.61. The minimum Gasteiger partial charge on any atom is -0.419 e. The summed E-state index contributed by atoms with van der Waals surface area (Å²) in [4.78, 5) is 0. The fraction of sp³-hybridized carbons (Fsp3) is 0.412. The number of rotatable bonds is 4. The van der Waals surface area contributed by atoms with Crippen LogP contribution in [-0.2, 0) is 13.0 Å². The van der Waals surface area contributed by atoms with Crippen molar-refractivity contribution in [3.63, 3.8) is 0 Å². The van der Waals surface area contributed by atoms with E-state index in [1.165, 1.54) is 19.3 Å². The van der Waals surface area contributed by atoms with E-state index in [1.54, 1.807) is 11.8 Å². The van der Waals surface area contributed by atoms with Crippen molar-refractivity contribution in [1.82, 2.24) is 25.0 Å². The van der Waals surface area contributed by atoms with E-state index >= 15 is 0 Å². The average molecular weight is 376 g/mol. The first kappa shape index (κ1) is 16.6. The normalized spacial score (nSPS) is 15.6. The topological polar surface area (TPSA) is 69.6 Å². The standard InChI is InChI=1S/C17H18ClN5OS/c1-11(25-17-22-19-14-8-3-2-4-9-23(14)17)15-20-21-16(24-15)12-6-5-7-13(18)10-12/h5-7,10-11H,2-4,8-9H2,1H3. The first-order valence-corrected chi connectivity index (χ1v) is 9.64. The first-order valence-electron chi connectivity index (χ1n) is 8.39. The minimum absolute atomic E-state index is 0.00279. The third kappa shape index (κ3) is 3.57. The van der Waals surface area contributed by atoms with Crippen LogP contribution in [0, 0.1) is 0 Å². The summed E-state index contributed by atoms with van der Waals surface area (Å²) < 4.78 is 8.07. The van der Waals surface area contributed by atoms with Gasteiger partial charge in [-0.05, 0) is 38.0 Å². The van der Waals surface area contributed by atoms with Crippen molar-refractivity contribution >= 4 is 23.4 Å². The van der Waals surface area contributed by atoms with Gasteiger partial charge in [0.15, 0.2) is 5.16 Å². The molecule has 0 bridgehead atoms. The average Bonchev–Trinajstić information content (AvgIpc) is 3.17. The Bertz CT molecular complexity index is 878. The van der Waals surface area contributed by atoms with Crippen molar-refractivity contribution in [3.8, 4) is 11.5 Å². The second-order valence-electron chi connectivity index (χ2n) is 6.08. The molecule has 1 aliphatic rings. The van der Waals surface area contributed by atoms with E-state index < -0.39 is 0 Å². The van der Waals surface area contributed by atoms with E-state index in [9.17, 15) is 0 Å². The van der Waals surface area contributed by atoms with Gasteiger partial charge in [0.05, 0.1) is 5.25 Å². The quantitative estimate of drug-likeness (QED) is 0.622. The third-order valence-corrected chi connectivity index (χ3v) is 5.52. The van der Waals surface area contributed by atoms with Crippen LogP contribution in [0.25, 0.3) is 11.5 Å². The highest BCUT2D eigenvalue weighted by molar-refractivity contribution is 7.99. The number of hydrogen-bond acceptors (Lipinski definition) is 6. The smallest absolute Gasteiger partial charge is 0.247 e. The lowest BCUT2D eigenvalue weighted by Gasteiger charge is -2.09. The lowest BCUT2D eigenvalue weighted by atomic mass is 10.2. The molecule has 0 saturated heterocycles. The highest BCUT2D eigenvalue weighted by Gasteiger charge is 2.21. The van der Waals surface area contributed by atoms with Crippen molar-refractivity contribution in [3.05, 3.63) is 41.0 Å². The summed E-state index contributed by atoms with van der Waals surface area (Å²) in [5.41, 5.74) is 0.819. The van der Waals surface area contributed by atoms with Gasteiger partial charge in [0.1, 0.15) is 5.82 Å². The van der Waals surface area contributed by atoms with E-state index in [2.05, 4.69) is 25.0 Å². The van der Waals surface area contributed by atoms with Gasteiger partial charge in [-0.25, -0.2) is 0 Å². The Morgan fingerprint density at radius 1 is 1.16 bits per heavy atom. The molecule has 0 aliphatic carbocycles. The number of halogens is 1. The molecule has 1 atom stereocenters. The Labute approximate surface area is 155 Å². The molecule has 2 aromatic heterocycles. The molecule has 25 heavy (non-hydrogen) atoms. The van der Waals surface area contributed by atoms with Crippen LogP contribution in [-0.4, -0.2) is 25.0 Å². The molecule has 130 valence electrons. The molecule has 0 amide bonds. The van der Waals surface area contributed by atoms with Crippen LogP contribution in [0.15, 0.2) is 33.8 Å². The Morgan fingerprint density at radius 3 is 2.96 bits per heavy atom. The SMILES string of the molecule is CC(Sc1nnc2n1CCCCC2)c1nnc(-c2cccc(Cl)c2)o1. The summed E-state index contributed by atoms with van der Waals surface area (Å²) in [6.45, 7) is 3.02. The van der Waals surface area contributed by atoms with Gasteiger partial charge in [-0.15, -0.1) is 20.4 Å². The Kier molecular flexibility index (Phi) is 4.76. The summed E-state index contributed by atoms with van der Waals surface area (Å²) in [5, 5.41) is 18.6.